The van der Waals surface area contributed by atoms with E-state index in [0.29, 0.717) is 44.2 Å². The van der Waals surface area contributed by atoms with Gasteiger partial charge in [0.25, 0.3) is 0 Å². The molecular formula is C19H23F2N3O2. The molecular weight excluding hydrogens is 340 g/mol. The Morgan fingerprint density at radius 1 is 1.27 bits per heavy atom. The van der Waals surface area contributed by atoms with Crippen LogP contribution in [0, 0.1) is 17.6 Å². The fourth-order valence-corrected chi connectivity index (χ4v) is 3.08. The van der Waals surface area contributed by atoms with Gasteiger partial charge in [0, 0.05) is 11.3 Å². The molecule has 26 heavy (non-hydrogen) atoms. The molecule has 5 nitrogen and oxygen atoms in total. The molecule has 1 aromatic heterocycles. The van der Waals surface area contributed by atoms with Gasteiger partial charge in [0.2, 0.25) is 5.89 Å². The lowest BCUT2D eigenvalue weighted by molar-refractivity contribution is 0.0827. The first-order valence-electron chi connectivity index (χ1n) is 8.79. The van der Waals surface area contributed by atoms with Crippen LogP contribution in [0.25, 0.3) is 0 Å². The molecule has 1 aromatic carbocycles. The summed E-state index contributed by atoms with van der Waals surface area (Å²) in [7, 11) is 0. The first kappa shape index (κ1) is 18.6. The highest BCUT2D eigenvalue weighted by atomic mass is 19.1. The molecule has 1 fully saturated rings. The summed E-state index contributed by atoms with van der Waals surface area (Å²) in [5, 5.41) is 4.01. The summed E-state index contributed by atoms with van der Waals surface area (Å²) in [6.45, 7) is 7.92. The molecule has 140 valence electrons. The van der Waals surface area contributed by atoms with Crippen molar-refractivity contribution in [1.82, 2.24) is 15.0 Å². The van der Waals surface area contributed by atoms with Crippen LogP contribution in [0.3, 0.4) is 0 Å². The molecule has 0 unspecified atom stereocenters. The molecule has 1 aliphatic rings. The van der Waals surface area contributed by atoms with Gasteiger partial charge in [-0.25, -0.2) is 8.78 Å². The Labute approximate surface area is 151 Å². The zero-order valence-electron chi connectivity index (χ0n) is 15.3. The zero-order valence-corrected chi connectivity index (χ0v) is 15.3. The van der Waals surface area contributed by atoms with Crippen LogP contribution in [-0.4, -0.2) is 33.9 Å². The quantitative estimate of drug-likeness (QED) is 0.775. The van der Waals surface area contributed by atoms with Crippen molar-refractivity contribution in [2.24, 2.45) is 5.92 Å². The number of likely N-dealkylation sites (tertiary alicyclic amines) is 1. The average Bonchev–Trinajstić information content (AvgIpc) is 3.06. The molecule has 0 amide bonds. The number of Topliss-reactive ketones (excluding diaryl/α,β-unsaturated/α-hetero) is 1. The van der Waals surface area contributed by atoms with Crippen molar-refractivity contribution in [3.63, 3.8) is 0 Å². The number of halogens is 2. The van der Waals surface area contributed by atoms with E-state index >= 15 is 0 Å². The summed E-state index contributed by atoms with van der Waals surface area (Å²) < 4.78 is 32.4. The highest BCUT2D eigenvalue weighted by Gasteiger charge is 2.29. The van der Waals surface area contributed by atoms with E-state index in [0.717, 1.165) is 18.2 Å². The van der Waals surface area contributed by atoms with E-state index in [9.17, 15) is 13.6 Å². The van der Waals surface area contributed by atoms with Crippen LogP contribution in [-0.2, 0) is 12.0 Å². The highest BCUT2D eigenvalue weighted by molar-refractivity contribution is 5.98. The fraction of sp³-hybridized carbons (Fsp3) is 0.526. The molecule has 1 saturated heterocycles. The number of aromatic nitrogens is 2. The summed E-state index contributed by atoms with van der Waals surface area (Å²) in [4.78, 5) is 19.0. The number of piperidine rings is 1. The highest BCUT2D eigenvalue weighted by Crippen LogP contribution is 2.25. The van der Waals surface area contributed by atoms with Crippen LogP contribution in [0.15, 0.2) is 22.7 Å². The van der Waals surface area contributed by atoms with E-state index in [4.69, 9.17) is 4.52 Å². The summed E-state index contributed by atoms with van der Waals surface area (Å²) in [5.74, 6) is -0.663. The second-order valence-corrected chi connectivity index (χ2v) is 7.80. The number of carbonyl (C=O) groups excluding carboxylic acids is 1. The van der Waals surface area contributed by atoms with E-state index in [1.807, 2.05) is 20.8 Å². The smallest absolute Gasteiger partial charge is 0.232 e. The van der Waals surface area contributed by atoms with E-state index in [-0.39, 0.29) is 22.7 Å². The van der Waals surface area contributed by atoms with Crippen molar-refractivity contribution < 1.29 is 18.1 Å². The lowest BCUT2D eigenvalue weighted by atomic mass is 9.88. The Morgan fingerprint density at radius 3 is 2.58 bits per heavy atom. The van der Waals surface area contributed by atoms with Gasteiger partial charge in [0.1, 0.15) is 11.6 Å². The van der Waals surface area contributed by atoms with Crippen molar-refractivity contribution >= 4 is 5.78 Å². The molecule has 0 radical (unpaired) electrons. The minimum absolute atomic E-state index is 0.156. The molecule has 2 aromatic rings. The van der Waals surface area contributed by atoms with Gasteiger partial charge >= 0.3 is 0 Å². The van der Waals surface area contributed by atoms with E-state index < -0.39 is 11.6 Å². The molecule has 0 atom stereocenters. The van der Waals surface area contributed by atoms with Crippen LogP contribution >= 0.6 is 0 Å². The third-order valence-corrected chi connectivity index (χ3v) is 4.63. The van der Waals surface area contributed by atoms with Crippen LogP contribution in [0.2, 0.25) is 0 Å². The molecule has 0 N–H and O–H groups in total. The van der Waals surface area contributed by atoms with Gasteiger partial charge in [-0.3, -0.25) is 9.69 Å². The van der Waals surface area contributed by atoms with E-state index in [1.54, 1.807) is 0 Å². The molecule has 7 heteroatoms. The van der Waals surface area contributed by atoms with Crippen LogP contribution in [0.1, 0.15) is 55.7 Å². The number of carbonyl (C=O) groups is 1. The molecule has 0 aliphatic carbocycles. The van der Waals surface area contributed by atoms with Crippen LogP contribution < -0.4 is 0 Å². The monoisotopic (exact) mass is 363 g/mol. The summed E-state index contributed by atoms with van der Waals surface area (Å²) >= 11 is 0. The van der Waals surface area contributed by atoms with Crippen LogP contribution in [0.5, 0.6) is 0 Å². The largest absolute Gasteiger partial charge is 0.339 e. The summed E-state index contributed by atoms with van der Waals surface area (Å²) in [6.07, 6.45) is 1.19. The second kappa shape index (κ2) is 7.23. The molecule has 0 saturated carbocycles. The minimum Gasteiger partial charge on any atom is -0.339 e. The fourth-order valence-electron chi connectivity index (χ4n) is 3.08. The van der Waals surface area contributed by atoms with Gasteiger partial charge in [0.15, 0.2) is 11.6 Å². The maximum absolute atomic E-state index is 13.8. The topological polar surface area (TPSA) is 59.2 Å². The normalized spacial score (nSPS) is 16.8. The van der Waals surface area contributed by atoms with Gasteiger partial charge in [-0.15, -0.1) is 0 Å². The van der Waals surface area contributed by atoms with Crippen molar-refractivity contribution in [2.45, 2.75) is 45.6 Å². The predicted octanol–water partition coefficient (Wildman–Crippen LogP) is 3.74. The van der Waals surface area contributed by atoms with E-state index in [1.165, 1.54) is 0 Å². The molecule has 1 aliphatic heterocycles. The van der Waals surface area contributed by atoms with Gasteiger partial charge in [-0.2, -0.15) is 4.98 Å². The van der Waals surface area contributed by atoms with E-state index in [2.05, 4.69) is 15.0 Å². The van der Waals surface area contributed by atoms with Gasteiger partial charge in [-0.05, 0) is 44.1 Å². The van der Waals surface area contributed by atoms with Crippen molar-refractivity contribution in [3.8, 4) is 0 Å². The number of ketones is 1. The second-order valence-electron chi connectivity index (χ2n) is 7.80. The lowest BCUT2D eigenvalue weighted by Gasteiger charge is -2.30. The van der Waals surface area contributed by atoms with Crippen molar-refractivity contribution in [1.29, 1.82) is 0 Å². The third-order valence-electron chi connectivity index (χ3n) is 4.63. The maximum atomic E-state index is 13.8. The number of hydrogen-bond acceptors (Lipinski definition) is 5. The number of rotatable bonds is 4. The molecule has 0 bridgehead atoms. The standard InChI is InChI=1S/C19H23F2N3O2/c1-19(2,3)18-22-16(23-26-18)11-24-8-6-12(7-9-24)17(25)14-10-13(20)4-5-15(14)21/h4-5,10,12H,6-9,11H2,1-3H3. The zero-order chi connectivity index (χ0) is 18.9. The SMILES string of the molecule is CC(C)(C)c1nc(CN2CCC(C(=O)c3cc(F)ccc3F)CC2)no1. The Bertz CT molecular complexity index is 790. The molecule has 0 spiro atoms. The third kappa shape index (κ3) is 4.15. The number of benzene rings is 1. The summed E-state index contributed by atoms with van der Waals surface area (Å²) in [6, 6.07) is 3.00. The Kier molecular flexibility index (Phi) is 5.18. The Hall–Kier alpha value is -2.15. The van der Waals surface area contributed by atoms with Gasteiger partial charge in [-0.1, -0.05) is 25.9 Å². The number of hydrogen-bond donors (Lipinski definition) is 0. The Morgan fingerprint density at radius 2 is 1.96 bits per heavy atom. The van der Waals surface area contributed by atoms with Gasteiger partial charge in [0.05, 0.1) is 12.1 Å². The lowest BCUT2D eigenvalue weighted by Crippen LogP contribution is -2.36. The van der Waals surface area contributed by atoms with Crippen LogP contribution in [0.4, 0.5) is 8.78 Å². The maximum Gasteiger partial charge on any atom is 0.232 e. The predicted molar refractivity (Wildman–Crippen MR) is 91.7 cm³/mol. The van der Waals surface area contributed by atoms with Crippen molar-refractivity contribution in [3.05, 3.63) is 47.1 Å². The Balaban J connectivity index is 1.58. The van der Waals surface area contributed by atoms with Crippen molar-refractivity contribution in [2.75, 3.05) is 13.1 Å². The van der Waals surface area contributed by atoms with Gasteiger partial charge < -0.3 is 4.52 Å². The first-order valence-corrected chi connectivity index (χ1v) is 8.79. The minimum atomic E-state index is -0.666. The summed E-state index contributed by atoms with van der Waals surface area (Å²) in [5.41, 5.74) is -0.351. The first-order chi connectivity index (χ1) is 12.2. The number of nitrogens with zero attached hydrogens (tertiary/aromatic N) is 3. The average molecular weight is 363 g/mol. The molecule has 2 heterocycles. The molecule has 3 rings (SSSR count).